The molecule has 0 atom stereocenters. The van der Waals surface area contributed by atoms with Crippen LogP contribution in [-0.2, 0) is 21.1 Å². The molecule has 3 N–H and O–H groups in total. The van der Waals surface area contributed by atoms with Crippen molar-refractivity contribution >= 4 is 33.8 Å². The average molecular weight is 373 g/mol. The fourth-order valence-corrected chi connectivity index (χ4v) is 5.37. The molecule has 7 heteroatoms. The van der Waals surface area contributed by atoms with Gasteiger partial charge in [-0.25, -0.2) is 8.42 Å². The number of hydrogen-bond donors (Lipinski definition) is 2. The number of nitrogens with two attached hydrogens (primary N) is 1. The Morgan fingerprint density at radius 2 is 1.92 bits per heavy atom. The fourth-order valence-electron chi connectivity index (χ4n) is 3.78. The zero-order chi connectivity index (χ0) is 16.5. The molecule has 0 unspecified atom stereocenters. The highest BCUT2D eigenvalue weighted by atomic mass is 35.5. The zero-order valence-electron chi connectivity index (χ0n) is 13.7. The van der Waals surface area contributed by atoms with Gasteiger partial charge in [0.25, 0.3) is 0 Å². The molecule has 1 saturated carbocycles. The van der Waals surface area contributed by atoms with Gasteiger partial charge < -0.3 is 11.1 Å². The second-order valence-electron chi connectivity index (χ2n) is 6.88. The third kappa shape index (κ3) is 3.92. The first-order valence-electron chi connectivity index (χ1n) is 8.30. The van der Waals surface area contributed by atoms with E-state index < -0.39 is 9.84 Å². The molecule has 1 aliphatic carbocycles. The Kier molecular flexibility index (Phi) is 5.94. The minimum Gasteiger partial charge on any atom is -0.330 e. The standard InChI is InChI=1S/C17H24N2O3S.ClH/c18-12-17(7-2-1-3-8-17)11-16(20)19-14-5-4-13-6-9-23(21,22)15(13)10-14;/h4-5,10H,1-3,6-9,11-12,18H2,(H,19,20);1H. The normalized spacial score (nSPS) is 20.7. The van der Waals surface area contributed by atoms with Gasteiger partial charge in [-0.1, -0.05) is 25.3 Å². The van der Waals surface area contributed by atoms with E-state index in [2.05, 4.69) is 5.32 Å². The van der Waals surface area contributed by atoms with E-state index >= 15 is 0 Å². The molecule has 3 rings (SSSR count). The van der Waals surface area contributed by atoms with E-state index in [-0.39, 0.29) is 29.5 Å². The van der Waals surface area contributed by atoms with Crippen LogP contribution in [0.15, 0.2) is 23.1 Å². The molecule has 24 heavy (non-hydrogen) atoms. The molecule has 5 nitrogen and oxygen atoms in total. The molecule has 1 heterocycles. The van der Waals surface area contributed by atoms with Crippen LogP contribution in [0.25, 0.3) is 0 Å². The van der Waals surface area contributed by atoms with Gasteiger partial charge in [-0.2, -0.15) is 0 Å². The van der Waals surface area contributed by atoms with Gasteiger partial charge in [0.1, 0.15) is 0 Å². The Hall–Kier alpha value is -1.11. The molecule has 0 saturated heterocycles. The molecule has 0 bridgehead atoms. The molecule has 1 aromatic carbocycles. The quantitative estimate of drug-likeness (QED) is 0.850. The Bertz CT molecular complexity index is 713. The number of carbonyl (C=O) groups is 1. The summed E-state index contributed by atoms with van der Waals surface area (Å²) in [4.78, 5) is 12.8. The number of sulfone groups is 1. The monoisotopic (exact) mass is 372 g/mol. The lowest BCUT2D eigenvalue weighted by molar-refractivity contribution is -0.118. The van der Waals surface area contributed by atoms with Crippen LogP contribution in [-0.4, -0.2) is 26.6 Å². The first-order valence-corrected chi connectivity index (χ1v) is 9.95. The number of aryl methyl sites for hydroxylation is 1. The van der Waals surface area contributed by atoms with Gasteiger partial charge >= 0.3 is 0 Å². The molecule has 1 fully saturated rings. The summed E-state index contributed by atoms with van der Waals surface area (Å²) in [5.41, 5.74) is 7.24. The number of halogens is 1. The summed E-state index contributed by atoms with van der Waals surface area (Å²) >= 11 is 0. The molecular formula is C17H25ClN2O3S. The number of anilines is 1. The second-order valence-corrected chi connectivity index (χ2v) is 8.96. The van der Waals surface area contributed by atoms with Crippen molar-refractivity contribution in [3.63, 3.8) is 0 Å². The fraction of sp³-hybridized carbons (Fsp3) is 0.588. The maximum absolute atomic E-state index is 12.4. The van der Waals surface area contributed by atoms with Gasteiger partial charge in [-0.05, 0) is 48.9 Å². The number of rotatable bonds is 4. The minimum absolute atomic E-state index is 0. The molecule has 1 aliphatic heterocycles. The third-order valence-corrected chi connectivity index (χ3v) is 7.00. The topological polar surface area (TPSA) is 89.3 Å². The predicted molar refractivity (Wildman–Crippen MR) is 97.3 cm³/mol. The Labute approximate surface area is 149 Å². The summed E-state index contributed by atoms with van der Waals surface area (Å²) in [5, 5.41) is 2.86. The van der Waals surface area contributed by atoms with Crippen molar-refractivity contribution in [2.45, 2.75) is 49.8 Å². The summed E-state index contributed by atoms with van der Waals surface area (Å²) in [6, 6.07) is 5.17. The molecular weight excluding hydrogens is 348 g/mol. The van der Waals surface area contributed by atoms with E-state index in [1.54, 1.807) is 18.2 Å². The van der Waals surface area contributed by atoms with E-state index in [1.807, 2.05) is 0 Å². The minimum atomic E-state index is -3.18. The summed E-state index contributed by atoms with van der Waals surface area (Å²) in [5.74, 6) is 0.0865. The van der Waals surface area contributed by atoms with E-state index in [0.717, 1.165) is 31.2 Å². The van der Waals surface area contributed by atoms with Crippen LogP contribution in [0.2, 0.25) is 0 Å². The lowest BCUT2D eigenvalue weighted by atomic mass is 9.71. The van der Waals surface area contributed by atoms with Crippen LogP contribution in [0.4, 0.5) is 5.69 Å². The second kappa shape index (κ2) is 7.42. The van der Waals surface area contributed by atoms with Crippen molar-refractivity contribution in [2.75, 3.05) is 17.6 Å². The maximum atomic E-state index is 12.4. The number of carbonyl (C=O) groups excluding carboxylic acids is 1. The van der Waals surface area contributed by atoms with E-state index in [4.69, 9.17) is 5.73 Å². The summed E-state index contributed by atoms with van der Waals surface area (Å²) in [6.45, 7) is 0.527. The van der Waals surface area contributed by atoms with Gasteiger partial charge in [-0.3, -0.25) is 4.79 Å². The van der Waals surface area contributed by atoms with Gasteiger partial charge in [0, 0.05) is 12.1 Å². The van der Waals surface area contributed by atoms with Crippen molar-refractivity contribution in [2.24, 2.45) is 11.1 Å². The van der Waals surface area contributed by atoms with Crippen LogP contribution in [0.5, 0.6) is 0 Å². The summed E-state index contributed by atoms with van der Waals surface area (Å²) in [6.07, 6.45) is 6.43. The van der Waals surface area contributed by atoms with E-state index in [0.29, 0.717) is 30.0 Å². The number of nitrogens with one attached hydrogen (secondary N) is 1. The predicted octanol–water partition coefficient (Wildman–Crippen LogP) is 2.68. The smallest absolute Gasteiger partial charge is 0.224 e. The number of fused-ring (bicyclic) bond motifs is 1. The van der Waals surface area contributed by atoms with Crippen molar-refractivity contribution in [1.29, 1.82) is 0 Å². The summed E-state index contributed by atoms with van der Waals surface area (Å²) < 4.78 is 24.0. The Morgan fingerprint density at radius 1 is 1.21 bits per heavy atom. The number of benzene rings is 1. The molecule has 0 radical (unpaired) electrons. The lowest BCUT2D eigenvalue weighted by Gasteiger charge is -2.35. The molecule has 134 valence electrons. The van der Waals surface area contributed by atoms with Crippen LogP contribution in [0.3, 0.4) is 0 Å². The van der Waals surface area contributed by atoms with Crippen LogP contribution in [0, 0.1) is 5.41 Å². The maximum Gasteiger partial charge on any atom is 0.224 e. The third-order valence-electron chi connectivity index (χ3n) is 5.21. The lowest BCUT2D eigenvalue weighted by Crippen LogP contribution is -2.36. The van der Waals surface area contributed by atoms with Gasteiger partial charge in [-0.15, -0.1) is 12.4 Å². The molecule has 0 spiro atoms. The number of amides is 1. The largest absolute Gasteiger partial charge is 0.330 e. The van der Waals surface area contributed by atoms with Gasteiger partial charge in [0.15, 0.2) is 9.84 Å². The first kappa shape index (κ1) is 19.2. The van der Waals surface area contributed by atoms with Crippen LogP contribution in [0.1, 0.15) is 44.1 Å². The molecule has 1 amide bonds. The highest BCUT2D eigenvalue weighted by molar-refractivity contribution is 7.91. The highest BCUT2D eigenvalue weighted by Crippen LogP contribution is 2.38. The van der Waals surface area contributed by atoms with Gasteiger partial charge in [0.2, 0.25) is 5.91 Å². The van der Waals surface area contributed by atoms with Crippen molar-refractivity contribution in [3.05, 3.63) is 23.8 Å². The van der Waals surface area contributed by atoms with E-state index in [9.17, 15) is 13.2 Å². The van der Waals surface area contributed by atoms with Crippen LogP contribution < -0.4 is 11.1 Å². The summed E-state index contributed by atoms with van der Waals surface area (Å²) in [7, 11) is -3.18. The zero-order valence-corrected chi connectivity index (χ0v) is 15.3. The van der Waals surface area contributed by atoms with Crippen molar-refractivity contribution in [1.82, 2.24) is 0 Å². The van der Waals surface area contributed by atoms with Crippen molar-refractivity contribution in [3.8, 4) is 0 Å². The van der Waals surface area contributed by atoms with Gasteiger partial charge in [0.05, 0.1) is 10.6 Å². The SMILES string of the molecule is Cl.NCC1(CC(=O)Nc2ccc3c(c2)S(=O)(=O)CC3)CCCCC1. The van der Waals surface area contributed by atoms with E-state index in [1.165, 1.54) is 6.42 Å². The molecule has 1 aromatic rings. The Morgan fingerprint density at radius 3 is 2.58 bits per heavy atom. The van der Waals surface area contributed by atoms with Crippen LogP contribution >= 0.6 is 12.4 Å². The molecule has 2 aliphatic rings. The van der Waals surface area contributed by atoms with Crippen molar-refractivity contribution < 1.29 is 13.2 Å². The highest BCUT2D eigenvalue weighted by Gasteiger charge is 2.33. The number of hydrogen-bond acceptors (Lipinski definition) is 4. The first-order chi connectivity index (χ1) is 10.9. The Balaban J connectivity index is 0.00000208. The molecule has 0 aromatic heterocycles. The average Bonchev–Trinajstić information content (AvgIpc) is 2.83.